The van der Waals surface area contributed by atoms with Crippen LogP contribution in [0.5, 0.6) is 5.75 Å². The summed E-state index contributed by atoms with van der Waals surface area (Å²) in [5.41, 5.74) is 5.23. The second-order valence-corrected chi connectivity index (χ2v) is 9.42. The minimum absolute atomic E-state index is 0.0495. The lowest BCUT2D eigenvalue weighted by Crippen LogP contribution is -2.28. The molecule has 0 aliphatic carbocycles. The summed E-state index contributed by atoms with van der Waals surface area (Å²) in [7, 11) is 0. The number of hydrogen-bond donors (Lipinski definition) is 1. The van der Waals surface area contributed by atoms with Crippen molar-refractivity contribution in [1.82, 2.24) is 0 Å². The number of rotatable bonds is 7. The Morgan fingerprint density at radius 1 is 0.889 bits per heavy atom. The van der Waals surface area contributed by atoms with Crippen molar-refractivity contribution in [3.05, 3.63) is 114 Å². The maximum absolute atomic E-state index is 12.8. The molecule has 6 heteroatoms. The van der Waals surface area contributed by atoms with E-state index < -0.39 is 0 Å². The van der Waals surface area contributed by atoms with Crippen LogP contribution in [0.4, 0.5) is 11.4 Å². The van der Waals surface area contributed by atoms with Crippen molar-refractivity contribution in [2.45, 2.75) is 12.3 Å². The van der Waals surface area contributed by atoms with Gasteiger partial charge in [-0.3, -0.25) is 14.5 Å². The minimum atomic E-state index is -0.167. The summed E-state index contributed by atoms with van der Waals surface area (Å²) in [6.07, 6.45) is 0. The van der Waals surface area contributed by atoms with Crippen molar-refractivity contribution in [3.8, 4) is 16.9 Å². The number of nitrogens with zero attached hydrogens (tertiary/aromatic N) is 1. The molecular weight excluding hydrogens is 468 g/mol. The fraction of sp³-hybridized carbons (Fsp3) is 0.133. The summed E-state index contributed by atoms with van der Waals surface area (Å²) in [5.74, 6) is 0.985. The molecule has 0 aromatic heterocycles. The SMILES string of the molecule is CCOc1ccccc1N1C(=O)CSC1c1ccc(NC(=O)c2ccc(-c3ccccc3)cc2)cc1. The number of benzene rings is 4. The second-order valence-electron chi connectivity index (χ2n) is 8.35. The van der Waals surface area contributed by atoms with Crippen LogP contribution in [0.1, 0.15) is 28.2 Å². The van der Waals surface area contributed by atoms with Gasteiger partial charge in [0.25, 0.3) is 5.91 Å². The predicted octanol–water partition coefficient (Wildman–Crippen LogP) is 6.78. The van der Waals surface area contributed by atoms with E-state index in [-0.39, 0.29) is 17.2 Å². The number of carbonyl (C=O) groups excluding carboxylic acids is 2. The molecule has 1 unspecified atom stereocenters. The standard InChI is InChI=1S/C30H26N2O3S/c1-2-35-27-11-7-6-10-26(27)32-28(33)20-36-30(32)24-16-18-25(19-17-24)31-29(34)23-14-12-22(13-15-23)21-8-4-3-5-9-21/h3-19,30H,2,20H2,1H3,(H,31,34). The number of anilines is 2. The van der Waals surface area contributed by atoms with Crippen molar-refractivity contribution in [1.29, 1.82) is 0 Å². The molecule has 1 heterocycles. The lowest BCUT2D eigenvalue weighted by molar-refractivity contribution is -0.115. The van der Waals surface area contributed by atoms with Gasteiger partial charge in [-0.2, -0.15) is 0 Å². The first-order chi connectivity index (χ1) is 17.6. The monoisotopic (exact) mass is 494 g/mol. The zero-order chi connectivity index (χ0) is 24.9. The number of ether oxygens (including phenoxy) is 1. The number of para-hydroxylation sites is 2. The van der Waals surface area contributed by atoms with Crippen LogP contribution in [0.3, 0.4) is 0 Å². The van der Waals surface area contributed by atoms with Crippen molar-refractivity contribution >= 4 is 35.0 Å². The minimum Gasteiger partial charge on any atom is -0.492 e. The summed E-state index contributed by atoms with van der Waals surface area (Å²) in [6.45, 7) is 2.46. The third kappa shape index (κ3) is 4.99. The highest BCUT2D eigenvalue weighted by molar-refractivity contribution is 8.00. The molecule has 0 saturated carbocycles. The molecule has 5 nitrogen and oxygen atoms in total. The van der Waals surface area contributed by atoms with E-state index in [1.54, 1.807) is 16.7 Å². The fourth-order valence-electron chi connectivity index (χ4n) is 4.24. The van der Waals surface area contributed by atoms with Crippen molar-refractivity contribution in [2.24, 2.45) is 0 Å². The van der Waals surface area contributed by atoms with E-state index in [9.17, 15) is 9.59 Å². The smallest absolute Gasteiger partial charge is 0.255 e. The molecule has 5 rings (SSSR count). The van der Waals surface area contributed by atoms with Gasteiger partial charge in [0.2, 0.25) is 5.91 Å². The Hall–Kier alpha value is -4.03. The number of carbonyl (C=O) groups is 2. The zero-order valence-corrected chi connectivity index (χ0v) is 20.7. The molecule has 1 fully saturated rings. The largest absolute Gasteiger partial charge is 0.492 e. The summed E-state index contributed by atoms with van der Waals surface area (Å²) < 4.78 is 5.77. The Balaban J connectivity index is 1.30. The van der Waals surface area contributed by atoms with E-state index in [1.807, 2.05) is 110 Å². The van der Waals surface area contributed by atoms with Gasteiger partial charge < -0.3 is 10.1 Å². The van der Waals surface area contributed by atoms with Gasteiger partial charge >= 0.3 is 0 Å². The number of hydrogen-bond acceptors (Lipinski definition) is 4. The molecule has 1 aliphatic rings. The van der Waals surface area contributed by atoms with Crippen LogP contribution in [0.2, 0.25) is 0 Å². The van der Waals surface area contributed by atoms with Crippen LogP contribution in [-0.4, -0.2) is 24.2 Å². The third-order valence-electron chi connectivity index (χ3n) is 6.00. The normalized spacial score (nSPS) is 15.1. The Morgan fingerprint density at radius 3 is 2.28 bits per heavy atom. The van der Waals surface area contributed by atoms with Gasteiger partial charge in [-0.25, -0.2) is 0 Å². The number of thioether (sulfide) groups is 1. The maximum atomic E-state index is 12.8. The first-order valence-corrected chi connectivity index (χ1v) is 12.9. The van der Waals surface area contributed by atoms with Crippen LogP contribution < -0.4 is 15.0 Å². The van der Waals surface area contributed by atoms with E-state index in [1.165, 1.54) is 0 Å². The lowest BCUT2D eigenvalue weighted by Gasteiger charge is -2.26. The highest BCUT2D eigenvalue weighted by Gasteiger charge is 2.35. The molecule has 0 spiro atoms. The topological polar surface area (TPSA) is 58.6 Å². The Kier molecular flexibility index (Phi) is 7.05. The highest BCUT2D eigenvalue weighted by Crippen LogP contribution is 2.44. The van der Waals surface area contributed by atoms with Gasteiger partial charge in [0, 0.05) is 11.3 Å². The van der Waals surface area contributed by atoms with Gasteiger partial charge in [0.1, 0.15) is 11.1 Å². The molecule has 0 bridgehead atoms. The molecule has 0 radical (unpaired) electrons. The summed E-state index contributed by atoms with van der Waals surface area (Å²) in [5, 5.41) is 2.81. The Morgan fingerprint density at radius 2 is 1.56 bits per heavy atom. The lowest BCUT2D eigenvalue weighted by atomic mass is 10.0. The maximum Gasteiger partial charge on any atom is 0.255 e. The molecule has 4 aromatic carbocycles. The quantitative estimate of drug-likeness (QED) is 0.308. The molecule has 1 N–H and O–H groups in total. The van der Waals surface area contributed by atoms with E-state index in [0.29, 0.717) is 29.4 Å². The molecule has 1 atom stereocenters. The average Bonchev–Trinajstić information content (AvgIpc) is 3.31. The second kappa shape index (κ2) is 10.7. The summed E-state index contributed by atoms with van der Waals surface area (Å²) in [6, 6.07) is 32.9. The highest BCUT2D eigenvalue weighted by atomic mass is 32.2. The van der Waals surface area contributed by atoms with Crippen molar-refractivity contribution in [3.63, 3.8) is 0 Å². The zero-order valence-electron chi connectivity index (χ0n) is 19.9. The molecule has 1 saturated heterocycles. The van der Waals surface area contributed by atoms with E-state index >= 15 is 0 Å². The van der Waals surface area contributed by atoms with E-state index in [2.05, 4.69) is 5.32 Å². The number of amides is 2. The van der Waals surface area contributed by atoms with Crippen molar-refractivity contribution < 1.29 is 14.3 Å². The van der Waals surface area contributed by atoms with Crippen LogP contribution in [0, 0.1) is 0 Å². The van der Waals surface area contributed by atoms with Gasteiger partial charge in [0.15, 0.2) is 0 Å². The predicted molar refractivity (Wildman–Crippen MR) is 147 cm³/mol. The van der Waals surface area contributed by atoms with Gasteiger partial charge in [-0.05, 0) is 60.0 Å². The summed E-state index contributed by atoms with van der Waals surface area (Å²) >= 11 is 1.58. The Labute approximate surface area is 215 Å². The van der Waals surface area contributed by atoms with Crippen molar-refractivity contribution in [2.75, 3.05) is 22.6 Å². The molecule has 180 valence electrons. The average molecular weight is 495 g/mol. The first-order valence-electron chi connectivity index (χ1n) is 11.9. The van der Waals surface area contributed by atoms with Crippen LogP contribution in [0.15, 0.2) is 103 Å². The van der Waals surface area contributed by atoms with E-state index in [0.717, 1.165) is 22.4 Å². The molecule has 1 aliphatic heterocycles. The van der Waals surface area contributed by atoms with Gasteiger partial charge in [-0.15, -0.1) is 11.8 Å². The number of nitrogens with one attached hydrogen (secondary N) is 1. The Bertz CT molecular complexity index is 1360. The van der Waals surface area contributed by atoms with Crippen LogP contribution in [-0.2, 0) is 4.79 Å². The fourth-order valence-corrected chi connectivity index (χ4v) is 5.41. The molecule has 36 heavy (non-hydrogen) atoms. The molecular formula is C30H26N2O3S. The van der Waals surface area contributed by atoms with Gasteiger partial charge in [0.05, 0.1) is 18.0 Å². The molecule has 2 amide bonds. The van der Waals surface area contributed by atoms with Gasteiger partial charge in [-0.1, -0.05) is 66.7 Å². The third-order valence-corrected chi connectivity index (χ3v) is 7.21. The van der Waals surface area contributed by atoms with Crippen LogP contribution >= 0.6 is 11.8 Å². The van der Waals surface area contributed by atoms with Crippen LogP contribution in [0.25, 0.3) is 11.1 Å². The van der Waals surface area contributed by atoms with E-state index in [4.69, 9.17) is 4.74 Å². The summed E-state index contributed by atoms with van der Waals surface area (Å²) in [4.78, 5) is 27.4. The first kappa shape index (κ1) is 23.7. The molecule has 4 aromatic rings.